The maximum absolute atomic E-state index is 11.0. The van der Waals surface area contributed by atoms with Crippen LogP contribution in [0.1, 0.15) is 25.5 Å². The first kappa shape index (κ1) is 14.6. The predicted octanol–water partition coefficient (Wildman–Crippen LogP) is 4.58. The summed E-state index contributed by atoms with van der Waals surface area (Å²) in [6.07, 6.45) is 0. The summed E-state index contributed by atoms with van der Waals surface area (Å²) in [6, 6.07) is 16.1. The van der Waals surface area contributed by atoms with E-state index in [4.69, 9.17) is 0 Å². The molecule has 0 radical (unpaired) electrons. The normalized spacial score (nSPS) is 11.8. The standard InChI is InChI=1S/C16H17BrN2O/c1-11(13-4-3-5-14(17)10-13)18-15-6-8-16(9-7-15)19-12(2)20/h3-11,18H,1-2H3,(H,19,20). The van der Waals surface area contributed by atoms with Crippen molar-refractivity contribution in [2.24, 2.45) is 0 Å². The van der Waals surface area contributed by atoms with Gasteiger partial charge < -0.3 is 10.6 Å². The maximum atomic E-state index is 11.0. The molecule has 0 aliphatic heterocycles. The average Bonchev–Trinajstić information content (AvgIpc) is 2.40. The molecule has 0 spiro atoms. The van der Waals surface area contributed by atoms with Gasteiger partial charge >= 0.3 is 0 Å². The van der Waals surface area contributed by atoms with Crippen molar-refractivity contribution in [2.45, 2.75) is 19.9 Å². The van der Waals surface area contributed by atoms with Crippen LogP contribution in [0.4, 0.5) is 11.4 Å². The van der Waals surface area contributed by atoms with Crippen LogP contribution >= 0.6 is 15.9 Å². The Labute approximate surface area is 127 Å². The molecule has 0 saturated carbocycles. The summed E-state index contributed by atoms with van der Waals surface area (Å²) >= 11 is 3.48. The Balaban J connectivity index is 2.04. The number of anilines is 2. The van der Waals surface area contributed by atoms with Crippen LogP contribution in [-0.2, 0) is 4.79 Å². The van der Waals surface area contributed by atoms with Crippen molar-refractivity contribution in [1.82, 2.24) is 0 Å². The lowest BCUT2D eigenvalue weighted by atomic mass is 10.1. The van der Waals surface area contributed by atoms with Crippen LogP contribution in [0.25, 0.3) is 0 Å². The molecule has 1 unspecified atom stereocenters. The lowest BCUT2D eigenvalue weighted by Gasteiger charge is -2.16. The summed E-state index contributed by atoms with van der Waals surface area (Å²) in [5, 5.41) is 6.18. The van der Waals surface area contributed by atoms with Gasteiger partial charge in [0.15, 0.2) is 0 Å². The van der Waals surface area contributed by atoms with Crippen LogP contribution in [0.15, 0.2) is 53.0 Å². The number of amides is 1. The highest BCUT2D eigenvalue weighted by Crippen LogP contribution is 2.23. The molecule has 2 aromatic carbocycles. The quantitative estimate of drug-likeness (QED) is 0.860. The number of nitrogens with one attached hydrogen (secondary N) is 2. The van der Waals surface area contributed by atoms with E-state index in [2.05, 4.69) is 45.6 Å². The van der Waals surface area contributed by atoms with Gasteiger partial charge in [0.1, 0.15) is 0 Å². The fourth-order valence-electron chi connectivity index (χ4n) is 1.96. The Bertz CT molecular complexity index is 596. The van der Waals surface area contributed by atoms with E-state index >= 15 is 0 Å². The highest BCUT2D eigenvalue weighted by atomic mass is 79.9. The van der Waals surface area contributed by atoms with Crippen LogP contribution in [0.3, 0.4) is 0 Å². The second kappa shape index (κ2) is 6.57. The molecule has 3 nitrogen and oxygen atoms in total. The van der Waals surface area contributed by atoms with Gasteiger partial charge in [-0.25, -0.2) is 0 Å². The predicted molar refractivity (Wildman–Crippen MR) is 86.9 cm³/mol. The van der Waals surface area contributed by atoms with Crippen molar-refractivity contribution in [3.05, 3.63) is 58.6 Å². The minimum absolute atomic E-state index is 0.0618. The molecule has 20 heavy (non-hydrogen) atoms. The van der Waals surface area contributed by atoms with Crippen LogP contribution in [0, 0.1) is 0 Å². The fourth-order valence-corrected chi connectivity index (χ4v) is 2.38. The van der Waals surface area contributed by atoms with Gasteiger partial charge in [0.05, 0.1) is 0 Å². The van der Waals surface area contributed by atoms with Crippen LogP contribution < -0.4 is 10.6 Å². The number of carbonyl (C=O) groups is 1. The molecule has 2 aromatic rings. The second-order valence-electron chi connectivity index (χ2n) is 4.68. The first-order valence-corrected chi connectivity index (χ1v) is 7.23. The largest absolute Gasteiger partial charge is 0.379 e. The minimum Gasteiger partial charge on any atom is -0.379 e. The molecular weight excluding hydrogens is 316 g/mol. The van der Waals surface area contributed by atoms with Gasteiger partial charge in [-0.15, -0.1) is 0 Å². The van der Waals surface area contributed by atoms with E-state index in [0.29, 0.717) is 0 Å². The molecule has 0 aromatic heterocycles. The number of hydrogen-bond acceptors (Lipinski definition) is 2. The third-order valence-corrected chi connectivity index (χ3v) is 3.43. The first-order chi connectivity index (χ1) is 9.54. The van der Waals surface area contributed by atoms with Crippen molar-refractivity contribution < 1.29 is 4.79 Å². The molecule has 0 saturated heterocycles. The zero-order chi connectivity index (χ0) is 14.5. The topological polar surface area (TPSA) is 41.1 Å². The fraction of sp³-hybridized carbons (Fsp3) is 0.188. The van der Waals surface area contributed by atoms with Crippen LogP contribution in [-0.4, -0.2) is 5.91 Å². The average molecular weight is 333 g/mol. The minimum atomic E-state index is -0.0618. The molecule has 2 rings (SSSR count). The van der Waals surface area contributed by atoms with Crippen molar-refractivity contribution in [1.29, 1.82) is 0 Å². The molecule has 104 valence electrons. The number of benzene rings is 2. The smallest absolute Gasteiger partial charge is 0.221 e. The number of hydrogen-bond donors (Lipinski definition) is 2. The van der Waals surface area contributed by atoms with Crippen molar-refractivity contribution >= 4 is 33.2 Å². The van der Waals surface area contributed by atoms with Gasteiger partial charge in [-0.3, -0.25) is 4.79 Å². The van der Waals surface area contributed by atoms with Crippen LogP contribution in [0.5, 0.6) is 0 Å². The second-order valence-corrected chi connectivity index (χ2v) is 5.60. The number of rotatable bonds is 4. The van der Waals surface area contributed by atoms with Gasteiger partial charge in [-0.1, -0.05) is 28.1 Å². The molecule has 1 atom stereocenters. The first-order valence-electron chi connectivity index (χ1n) is 6.44. The highest BCUT2D eigenvalue weighted by molar-refractivity contribution is 9.10. The van der Waals surface area contributed by atoms with Crippen LogP contribution in [0.2, 0.25) is 0 Å². The Morgan fingerprint density at radius 3 is 2.35 bits per heavy atom. The Hall–Kier alpha value is -1.81. The zero-order valence-corrected chi connectivity index (χ0v) is 13.1. The molecule has 0 bridgehead atoms. The summed E-state index contributed by atoms with van der Waals surface area (Å²) in [6.45, 7) is 3.62. The third-order valence-electron chi connectivity index (χ3n) is 2.94. The molecule has 4 heteroatoms. The van der Waals surface area contributed by atoms with E-state index in [0.717, 1.165) is 15.8 Å². The van der Waals surface area contributed by atoms with E-state index in [1.807, 2.05) is 36.4 Å². The lowest BCUT2D eigenvalue weighted by Crippen LogP contribution is -2.08. The van der Waals surface area contributed by atoms with E-state index in [9.17, 15) is 4.79 Å². The van der Waals surface area contributed by atoms with E-state index in [-0.39, 0.29) is 11.9 Å². The Morgan fingerprint density at radius 2 is 1.75 bits per heavy atom. The molecule has 0 aliphatic rings. The summed E-state index contributed by atoms with van der Waals surface area (Å²) < 4.78 is 1.07. The Morgan fingerprint density at radius 1 is 1.10 bits per heavy atom. The van der Waals surface area contributed by atoms with Crippen molar-refractivity contribution in [3.63, 3.8) is 0 Å². The van der Waals surface area contributed by atoms with E-state index < -0.39 is 0 Å². The molecule has 0 heterocycles. The molecule has 0 aliphatic carbocycles. The van der Waals surface area contributed by atoms with Gasteiger partial charge in [-0.05, 0) is 48.9 Å². The summed E-state index contributed by atoms with van der Waals surface area (Å²) in [7, 11) is 0. The lowest BCUT2D eigenvalue weighted by molar-refractivity contribution is -0.114. The van der Waals surface area contributed by atoms with Gasteiger partial charge in [0.25, 0.3) is 0 Å². The van der Waals surface area contributed by atoms with E-state index in [1.165, 1.54) is 12.5 Å². The monoisotopic (exact) mass is 332 g/mol. The molecular formula is C16H17BrN2O. The third kappa shape index (κ3) is 4.10. The van der Waals surface area contributed by atoms with Crippen molar-refractivity contribution in [2.75, 3.05) is 10.6 Å². The molecule has 0 fully saturated rings. The molecule has 1 amide bonds. The van der Waals surface area contributed by atoms with E-state index in [1.54, 1.807) is 0 Å². The SMILES string of the molecule is CC(=O)Nc1ccc(NC(C)c2cccc(Br)c2)cc1. The molecule has 2 N–H and O–H groups in total. The van der Waals surface area contributed by atoms with Gasteiger partial charge in [0, 0.05) is 28.8 Å². The van der Waals surface area contributed by atoms with Gasteiger partial charge in [-0.2, -0.15) is 0 Å². The summed E-state index contributed by atoms with van der Waals surface area (Å²) in [5.74, 6) is -0.0618. The van der Waals surface area contributed by atoms with Crippen molar-refractivity contribution in [3.8, 4) is 0 Å². The number of halogens is 1. The zero-order valence-electron chi connectivity index (χ0n) is 11.5. The van der Waals surface area contributed by atoms with Gasteiger partial charge in [0.2, 0.25) is 5.91 Å². The maximum Gasteiger partial charge on any atom is 0.221 e. The highest BCUT2D eigenvalue weighted by Gasteiger charge is 2.05. The Kier molecular flexibility index (Phi) is 4.79. The summed E-state index contributed by atoms with van der Waals surface area (Å²) in [4.78, 5) is 11.0. The number of carbonyl (C=O) groups excluding carboxylic acids is 1. The summed E-state index contributed by atoms with van der Waals surface area (Å²) in [5.41, 5.74) is 3.04.